The molecule has 0 bridgehead atoms. The average molecular weight is 657 g/mol. The van der Waals surface area contributed by atoms with Crippen molar-refractivity contribution in [1.82, 2.24) is 9.80 Å². The molecule has 2 fully saturated rings. The smallest absolute Gasteiger partial charge is 0.246 e. The molecule has 0 spiro atoms. The average Bonchev–Trinajstić information content (AvgIpc) is 3.12. The van der Waals surface area contributed by atoms with Gasteiger partial charge in [-0.25, -0.2) is 0 Å². The number of benzene rings is 2. The molecule has 2 amide bonds. The van der Waals surface area contributed by atoms with Gasteiger partial charge in [0.05, 0.1) is 0 Å². The van der Waals surface area contributed by atoms with Crippen molar-refractivity contribution in [1.29, 1.82) is 0 Å². The van der Waals surface area contributed by atoms with Gasteiger partial charge in [0.25, 0.3) is 0 Å². The molecule has 0 atom stereocenters. The third-order valence-corrected chi connectivity index (χ3v) is 9.45. The lowest BCUT2D eigenvalue weighted by Gasteiger charge is -2.35. The second kappa shape index (κ2) is 22.9. The van der Waals surface area contributed by atoms with E-state index >= 15 is 0 Å². The summed E-state index contributed by atoms with van der Waals surface area (Å²) in [6.07, 6.45) is 22.5. The number of rotatable bonds is 16. The molecule has 48 heavy (non-hydrogen) atoms. The van der Waals surface area contributed by atoms with E-state index in [4.69, 9.17) is 0 Å². The number of carbonyl (C=O) groups is 2. The Kier molecular flexibility index (Phi) is 18.6. The first-order valence-electron chi connectivity index (χ1n) is 18.9. The number of hydrogen-bond acceptors (Lipinski definition) is 4. The molecule has 0 aromatic heterocycles. The summed E-state index contributed by atoms with van der Waals surface area (Å²) < 4.78 is 0. The Morgan fingerprint density at radius 3 is 1.17 bits per heavy atom. The number of piperazine rings is 2. The molecule has 6 heteroatoms. The van der Waals surface area contributed by atoms with Crippen LogP contribution in [0, 0.1) is 13.8 Å². The number of unbranched alkanes of at least 4 members (excludes halogenated alkanes) is 10. The Morgan fingerprint density at radius 1 is 0.500 bits per heavy atom. The molecule has 2 aromatic rings. The Morgan fingerprint density at radius 2 is 0.833 bits per heavy atom. The molecule has 0 N–H and O–H groups in total. The summed E-state index contributed by atoms with van der Waals surface area (Å²) in [5.74, 6) is 0.347. The fourth-order valence-electron chi connectivity index (χ4n) is 6.19. The van der Waals surface area contributed by atoms with Crippen LogP contribution in [0.2, 0.25) is 0 Å². The van der Waals surface area contributed by atoms with Crippen molar-refractivity contribution in [3.05, 3.63) is 84.0 Å². The zero-order chi connectivity index (χ0) is 34.4. The second-order valence-electron chi connectivity index (χ2n) is 13.5. The molecule has 0 saturated carbocycles. The lowest BCUT2D eigenvalue weighted by molar-refractivity contribution is -0.127. The van der Waals surface area contributed by atoms with Crippen molar-refractivity contribution in [3.63, 3.8) is 0 Å². The third-order valence-electron chi connectivity index (χ3n) is 9.45. The second-order valence-corrected chi connectivity index (χ2v) is 13.5. The van der Waals surface area contributed by atoms with Crippen LogP contribution in [-0.2, 0) is 9.59 Å². The third kappa shape index (κ3) is 14.7. The highest BCUT2D eigenvalue weighted by molar-refractivity contribution is 5.88. The molecule has 0 radical (unpaired) electrons. The van der Waals surface area contributed by atoms with Crippen LogP contribution in [0.3, 0.4) is 0 Å². The quantitative estimate of drug-likeness (QED) is 0.134. The molecule has 0 aliphatic carbocycles. The number of hydrogen-bond donors (Lipinski definition) is 0. The van der Waals surface area contributed by atoms with E-state index in [0.29, 0.717) is 0 Å². The van der Waals surface area contributed by atoms with Crippen LogP contribution >= 0.6 is 0 Å². The first-order chi connectivity index (χ1) is 23.4. The molecular weight excluding hydrogens is 592 g/mol. The van der Waals surface area contributed by atoms with Gasteiger partial charge in [0.2, 0.25) is 11.8 Å². The molecule has 6 nitrogen and oxygen atoms in total. The van der Waals surface area contributed by atoms with E-state index in [1.54, 1.807) is 12.2 Å². The maximum Gasteiger partial charge on any atom is 0.246 e. The minimum atomic E-state index is 0.173. The lowest BCUT2D eigenvalue weighted by atomic mass is 10.1. The normalized spacial score (nSPS) is 15.2. The van der Waals surface area contributed by atoms with E-state index in [1.807, 2.05) is 9.80 Å². The van der Waals surface area contributed by atoms with Crippen molar-refractivity contribution < 1.29 is 9.59 Å². The van der Waals surface area contributed by atoms with Gasteiger partial charge < -0.3 is 19.6 Å². The monoisotopic (exact) mass is 657 g/mol. The molecule has 264 valence electrons. The predicted molar refractivity (Wildman–Crippen MR) is 205 cm³/mol. The van der Waals surface area contributed by atoms with Gasteiger partial charge in [-0.05, 0) is 75.9 Å². The van der Waals surface area contributed by atoms with Gasteiger partial charge in [0.1, 0.15) is 0 Å². The first kappa shape index (κ1) is 38.9. The fraction of sp³-hybridized carbons (Fsp3) is 0.571. The van der Waals surface area contributed by atoms with Crippen molar-refractivity contribution in [2.45, 2.75) is 105 Å². The maximum absolute atomic E-state index is 12.2. The van der Waals surface area contributed by atoms with Crippen molar-refractivity contribution >= 4 is 23.2 Å². The van der Waals surface area contributed by atoms with Crippen LogP contribution < -0.4 is 9.80 Å². The van der Waals surface area contributed by atoms with Crippen molar-refractivity contribution in [2.75, 3.05) is 62.2 Å². The first-order valence-corrected chi connectivity index (χ1v) is 18.9. The molecule has 2 aromatic carbocycles. The number of nitrogens with zero attached hydrogens (tertiary/aromatic N) is 4. The summed E-state index contributed by atoms with van der Waals surface area (Å²) >= 11 is 0. The number of aryl methyl sites for hydroxylation is 2. The molecule has 2 saturated heterocycles. The van der Waals surface area contributed by atoms with E-state index < -0.39 is 0 Å². The van der Waals surface area contributed by atoms with E-state index in [0.717, 1.165) is 65.2 Å². The molecule has 0 unspecified atom stereocenters. The highest BCUT2D eigenvalue weighted by atomic mass is 16.2. The van der Waals surface area contributed by atoms with Gasteiger partial charge in [-0.2, -0.15) is 0 Å². The molecular formula is C42H64N4O2. The van der Waals surface area contributed by atoms with Crippen LogP contribution in [0.25, 0.3) is 0 Å². The number of carbonyl (C=O) groups excluding carboxylic acids is 2. The lowest BCUT2D eigenvalue weighted by Crippen LogP contribution is -2.48. The van der Waals surface area contributed by atoms with Crippen molar-refractivity contribution in [3.8, 4) is 0 Å². The van der Waals surface area contributed by atoms with Crippen LogP contribution in [0.5, 0.6) is 0 Å². The van der Waals surface area contributed by atoms with Crippen molar-refractivity contribution in [2.24, 2.45) is 0 Å². The van der Waals surface area contributed by atoms with Crippen LogP contribution in [0.1, 0.15) is 102 Å². The Hall–Kier alpha value is -3.54. The molecule has 4 rings (SSSR count). The largest absolute Gasteiger partial charge is 0.368 e. The SMILES string of the molecule is CCCCCCC/C=C/C(=O)N1CCN(c2ccc(C)cc2)CC1.CCCCCCC/C=C/C(=O)N1CCN(c2ccc(C)cc2)CC1. The number of allylic oxidation sites excluding steroid dienone is 2. The minimum absolute atomic E-state index is 0.173. The predicted octanol–water partition coefficient (Wildman–Crippen LogP) is 9.12. The molecule has 2 aliphatic rings. The van der Waals surface area contributed by atoms with E-state index in [1.165, 1.54) is 86.7 Å². The van der Waals surface area contributed by atoms with E-state index in [-0.39, 0.29) is 11.8 Å². The maximum atomic E-state index is 12.2. The Labute approximate surface area is 292 Å². The Bertz CT molecular complexity index is 1120. The van der Waals surface area contributed by atoms with Gasteiger partial charge in [-0.15, -0.1) is 0 Å². The molecule has 2 heterocycles. The van der Waals surface area contributed by atoms with Crippen LogP contribution in [0.4, 0.5) is 11.4 Å². The summed E-state index contributed by atoms with van der Waals surface area (Å²) in [6, 6.07) is 17.3. The van der Waals surface area contributed by atoms with E-state index in [9.17, 15) is 9.59 Å². The Balaban J connectivity index is 0.000000260. The zero-order valence-electron chi connectivity index (χ0n) is 30.7. The van der Waals surface area contributed by atoms with Gasteiger partial charge in [-0.3, -0.25) is 9.59 Å². The minimum Gasteiger partial charge on any atom is -0.368 e. The highest BCUT2D eigenvalue weighted by Gasteiger charge is 2.20. The van der Waals surface area contributed by atoms with Crippen LogP contribution in [0.15, 0.2) is 72.8 Å². The van der Waals surface area contributed by atoms with Crippen LogP contribution in [-0.4, -0.2) is 74.0 Å². The fourth-order valence-corrected chi connectivity index (χ4v) is 6.19. The van der Waals surface area contributed by atoms with Gasteiger partial charge in [0.15, 0.2) is 0 Å². The summed E-state index contributed by atoms with van der Waals surface area (Å²) in [6.45, 7) is 15.6. The number of amides is 2. The molecule has 2 aliphatic heterocycles. The standard InChI is InChI=1S/2C21H32N2O/c2*1-3-4-5-6-7-8-9-10-21(24)23-17-15-22(16-18-23)20-13-11-19(2)12-14-20/h2*9-14H,3-8,15-18H2,1-2H3/b2*10-9+. The topological polar surface area (TPSA) is 47.1 Å². The summed E-state index contributed by atoms with van der Waals surface area (Å²) in [5.41, 5.74) is 5.09. The summed E-state index contributed by atoms with van der Waals surface area (Å²) in [4.78, 5) is 33.1. The highest BCUT2D eigenvalue weighted by Crippen LogP contribution is 2.19. The van der Waals surface area contributed by atoms with Gasteiger partial charge in [-0.1, -0.05) is 113 Å². The van der Waals surface area contributed by atoms with Gasteiger partial charge >= 0.3 is 0 Å². The summed E-state index contributed by atoms with van der Waals surface area (Å²) in [7, 11) is 0. The number of anilines is 2. The van der Waals surface area contributed by atoms with Gasteiger partial charge in [0, 0.05) is 63.7 Å². The van der Waals surface area contributed by atoms with E-state index in [2.05, 4.69) is 98.2 Å². The summed E-state index contributed by atoms with van der Waals surface area (Å²) in [5, 5.41) is 0. The zero-order valence-corrected chi connectivity index (χ0v) is 30.7.